The second kappa shape index (κ2) is 6.32. The monoisotopic (exact) mass is 331 g/mol. The van der Waals surface area contributed by atoms with Gasteiger partial charge >= 0.3 is 0 Å². The predicted molar refractivity (Wildman–Crippen MR) is 86.9 cm³/mol. The van der Waals surface area contributed by atoms with E-state index in [0.717, 1.165) is 19.3 Å². The van der Waals surface area contributed by atoms with E-state index >= 15 is 0 Å². The molecule has 1 saturated carbocycles. The summed E-state index contributed by atoms with van der Waals surface area (Å²) in [6, 6.07) is 5.26. The number of amides is 2. The highest BCUT2D eigenvalue weighted by atomic mass is 16.7. The van der Waals surface area contributed by atoms with Crippen molar-refractivity contribution >= 4 is 17.5 Å². The van der Waals surface area contributed by atoms with E-state index in [1.54, 1.807) is 18.2 Å². The number of carbonyl (C=O) groups is 2. The van der Waals surface area contributed by atoms with Crippen molar-refractivity contribution in [2.24, 2.45) is 0 Å². The third-order valence-electron chi connectivity index (χ3n) is 4.87. The summed E-state index contributed by atoms with van der Waals surface area (Å²) in [6.07, 6.45) is 4.49. The van der Waals surface area contributed by atoms with Crippen LogP contribution in [0, 0.1) is 0 Å². The van der Waals surface area contributed by atoms with E-state index in [1.165, 1.54) is 6.42 Å². The Balaban J connectivity index is 1.36. The van der Waals surface area contributed by atoms with Gasteiger partial charge in [-0.25, -0.2) is 0 Å². The van der Waals surface area contributed by atoms with Crippen molar-refractivity contribution in [2.45, 2.75) is 50.2 Å². The molecular weight excluding hydrogens is 310 g/mol. The van der Waals surface area contributed by atoms with Gasteiger partial charge in [0.15, 0.2) is 11.5 Å². The number of ether oxygens (including phenoxy) is 2. The standard InChI is InChI=1S/C17H21N3O4/c21-16(18-10-5-6-14-15(7-10)24-9-23-14)8-13-17(22)20-12-4-2-1-3-11(12)19-13/h5-7,11-13,19H,1-4,8-9H2,(H,18,21)(H,20,22)/t11-,12+,13+/m0/s1. The zero-order valence-corrected chi connectivity index (χ0v) is 13.3. The van der Waals surface area contributed by atoms with Gasteiger partial charge in [0.25, 0.3) is 0 Å². The summed E-state index contributed by atoms with van der Waals surface area (Å²) >= 11 is 0. The van der Waals surface area contributed by atoms with Crippen LogP contribution in [-0.4, -0.2) is 36.7 Å². The molecule has 128 valence electrons. The van der Waals surface area contributed by atoms with Crippen LogP contribution in [0.3, 0.4) is 0 Å². The van der Waals surface area contributed by atoms with Gasteiger partial charge in [0.1, 0.15) is 0 Å². The molecule has 3 atom stereocenters. The van der Waals surface area contributed by atoms with Gasteiger partial charge in [0.2, 0.25) is 18.6 Å². The van der Waals surface area contributed by atoms with Gasteiger partial charge in [0.05, 0.1) is 12.5 Å². The van der Waals surface area contributed by atoms with Crippen LogP contribution in [0.1, 0.15) is 32.1 Å². The van der Waals surface area contributed by atoms with Crippen molar-refractivity contribution < 1.29 is 19.1 Å². The summed E-state index contributed by atoms with van der Waals surface area (Å²) in [6.45, 7) is 0.196. The topological polar surface area (TPSA) is 88.7 Å². The highest BCUT2D eigenvalue weighted by molar-refractivity contribution is 5.96. The number of hydrogen-bond acceptors (Lipinski definition) is 5. The lowest BCUT2D eigenvalue weighted by Gasteiger charge is -2.40. The van der Waals surface area contributed by atoms with E-state index in [4.69, 9.17) is 9.47 Å². The molecule has 3 N–H and O–H groups in total. The third-order valence-corrected chi connectivity index (χ3v) is 4.87. The van der Waals surface area contributed by atoms with E-state index in [-0.39, 0.29) is 37.1 Å². The lowest BCUT2D eigenvalue weighted by molar-refractivity contribution is -0.129. The average Bonchev–Trinajstić information content (AvgIpc) is 3.03. The lowest BCUT2D eigenvalue weighted by atomic mass is 9.87. The third kappa shape index (κ3) is 3.03. The molecule has 2 fully saturated rings. The summed E-state index contributed by atoms with van der Waals surface area (Å²) in [7, 11) is 0. The number of carbonyl (C=O) groups excluding carboxylic acids is 2. The van der Waals surface area contributed by atoms with Crippen molar-refractivity contribution in [3.63, 3.8) is 0 Å². The van der Waals surface area contributed by atoms with Crippen LogP contribution in [0.15, 0.2) is 18.2 Å². The molecule has 0 bridgehead atoms. The largest absolute Gasteiger partial charge is 0.454 e. The SMILES string of the molecule is O=C(C[C@H]1N[C@H]2CCCC[C@H]2NC1=O)Nc1ccc2c(c1)OCO2. The summed E-state index contributed by atoms with van der Waals surface area (Å²) in [5.41, 5.74) is 0.635. The molecule has 1 aromatic rings. The summed E-state index contributed by atoms with van der Waals surface area (Å²) in [5, 5.41) is 9.22. The van der Waals surface area contributed by atoms with Crippen LogP contribution >= 0.6 is 0 Å². The molecule has 3 aliphatic rings. The molecule has 4 rings (SSSR count). The van der Waals surface area contributed by atoms with Crippen LogP contribution in [0.5, 0.6) is 11.5 Å². The minimum absolute atomic E-state index is 0.0843. The maximum atomic E-state index is 12.3. The Morgan fingerprint density at radius 3 is 2.83 bits per heavy atom. The summed E-state index contributed by atoms with van der Waals surface area (Å²) in [5.74, 6) is 1.01. The summed E-state index contributed by atoms with van der Waals surface area (Å²) in [4.78, 5) is 24.5. The molecule has 0 aromatic heterocycles. The van der Waals surface area contributed by atoms with Gasteiger partial charge in [-0.3, -0.25) is 9.59 Å². The fourth-order valence-corrected chi connectivity index (χ4v) is 3.64. The Bertz CT molecular complexity index is 663. The number of anilines is 1. The van der Waals surface area contributed by atoms with E-state index in [1.807, 2.05) is 0 Å². The van der Waals surface area contributed by atoms with Gasteiger partial charge in [-0.15, -0.1) is 0 Å². The first kappa shape index (κ1) is 15.3. The molecule has 0 unspecified atom stereocenters. The highest BCUT2D eigenvalue weighted by Gasteiger charge is 2.36. The molecule has 0 spiro atoms. The van der Waals surface area contributed by atoms with E-state index in [0.29, 0.717) is 17.2 Å². The molecule has 7 heteroatoms. The smallest absolute Gasteiger partial charge is 0.237 e. The number of rotatable bonds is 3. The van der Waals surface area contributed by atoms with Crippen molar-refractivity contribution in [3.8, 4) is 11.5 Å². The first-order valence-corrected chi connectivity index (χ1v) is 8.45. The van der Waals surface area contributed by atoms with Crippen molar-refractivity contribution in [1.29, 1.82) is 0 Å². The van der Waals surface area contributed by atoms with Crippen molar-refractivity contribution in [3.05, 3.63) is 18.2 Å². The fourth-order valence-electron chi connectivity index (χ4n) is 3.64. The molecule has 1 aliphatic carbocycles. The zero-order chi connectivity index (χ0) is 16.5. The van der Waals surface area contributed by atoms with E-state index < -0.39 is 6.04 Å². The van der Waals surface area contributed by atoms with Crippen molar-refractivity contribution in [2.75, 3.05) is 12.1 Å². The highest BCUT2D eigenvalue weighted by Crippen LogP contribution is 2.34. The zero-order valence-electron chi connectivity index (χ0n) is 13.3. The van der Waals surface area contributed by atoms with Crippen LogP contribution in [0.2, 0.25) is 0 Å². The predicted octanol–water partition coefficient (Wildman–Crippen LogP) is 1.14. The maximum Gasteiger partial charge on any atom is 0.237 e. The Morgan fingerprint density at radius 2 is 1.96 bits per heavy atom. The molecule has 1 aromatic carbocycles. The summed E-state index contributed by atoms with van der Waals surface area (Å²) < 4.78 is 10.5. The number of hydrogen-bond donors (Lipinski definition) is 3. The maximum absolute atomic E-state index is 12.3. The normalized spacial score (nSPS) is 28.0. The first-order chi connectivity index (χ1) is 11.7. The fraction of sp³-hybridized carbons (Fsp3) is 0.529. The molecule has 2 heterocycles. The molecule has 24 heavy (non-hydrogen) atoms. The average molecular weight is 331 g/mol. The van der Waals surface area contributed by atoms with Gasteiger partial charge in [-0.2, -0.15) is 0 Å². The van der Waals surface area contributed by atoms with Crippen LogP contribution < -0.4 is 25.4 Å². The Kier molecular flexibility index (Phi) is 4.02. The van der Waals surface area contributed by atoms with Gasteiger partial charge in [-0.05, 0) is 25.0 Å². The lowest BCUT2D eigenvalue weighted by Crippen LogP contribution is -2.65. The number of benzene rings is 1. The minimum atomic E-state index is -0.474. The number of fused-ring (bicyclic) bond motifs is 2. The first-order valence-electron chi connectivity index (χ1n) is 8.45. The molecule has 2 amide bonds. The Labute approximate surface area is 140 Å². The minimum Gasteiger partial charge on any atom is -0.454 e. The number of piperazine rings is 1. The molecular formula is C17H21N3O4. The quantitative estimate of drug-likeness (QED) is 0.773. The molecule has 0 radical (unpaired) electrons. The van der Waals surface area contributed by atoms with E-state index in [9.17, 15) is 9.59 Å². The molecule has 2 aliphatic heterocycles. The van der Waals surface area contributed by atoms with Crippen LogP contribution in [0.25, 0.3) is 0 Å². The Morgan fingerprint density at radius 1 is 1.17 bits per heavy atom. The number of nitrogens with one attached hydrogen (secondary N) is 3. The van der Waals surface area contributed by atoms with Gasteiger partial charge in [0, 0.05) is 23.8 Å². The van der Waals surface area contributed by atoms with Gasteiger partial charge in [-0.1, -0.05) is 12.8 Å². The van der Waals surface area contributed by atoms with Crippen LogP contribution in [-0.2, 0) is 9.59 Å². The van der Waals surface area contributed by atoms with Crippen LogP contribution in [0.4, 0.5) is 5.69 Å². The van der Waals surface area contributed by atoms with Crippen molar-refractivity contribution in [1.82, 2.24) is 10.6 Å². The second-order valence-electron chi connectivity index (χ2n) is 6.55. The Hall–Kier alpha value is -2.28. The van der Waals surface area contributed by atoms with Gasteiger partial charge < -0.3 is 25.4 Å². The second-order valence-corrected chi connectivity index (χ2v) is 6.55. The van der Waals surface area contributed by atoms with E-state index in [2.05, 4.69) is 16.0 Å². The molecule has 7 nitrogen and oxygen atoms in total. The molecule has 1 saturated heterocycles.